The smallest absolute Gasteiger partial charge is 0.326 e. The Kier molecular flexibility index (Phi) is 7.16. The molecule has 4 rings (SSSR count). The lowest BCUT2D eigenvalue weighted by Gasteiger charge is -2.40. The zero-order chi connectivity index (χ0) is 22.6. The number of nitrogens with one attached hydrogen (secondary N) is 1. The van der Waals surface area contributed by atoms with E-state index >= 15 is 0 Å². The second-order valence-electron chi connectivity index (χ2n) is 9.02. The van der Waals surface area contributed by atoms with Crippen molar-refractivity contribution in [2.45, 2.75) is 64.6 Å². The van der Waals surface area contributed by atoms with Crippen molar-refractivity contribution < 1.29 is 14.0 Å². The summed E-state index contributed by atoms with van der Waals surface area (Å²) in [6, 6.07) is 10.1. The number of carbonyl (C=O) groups excluding carboxylic acids is 1. The molecular weight excluding hydrogens is 428 g/mol. The topological polar surface area (TPSA) is 73.2 Å². The average Bonchev–Trinajstić information content (AvgIpc) is 3.50. The highest BCUT2D eigenvalue weighted by molar-refractivity contribution is 6.30. The molecule has 1 aliphatic heterocycles. The molecule has 2 aromatic rings. The van der Waals surface area contributed by atoms with Crippen LogP contribution in [-0.2, 0) is 22.7 Å². The Balaban J connectivity index is 1.46. The zero-order valence-electron chi connectivity index (χ0n) is 18.7. The number of esters is 1. The average molecular weight is 460 g/mol. The quantitative estimate of drug-likeness (QED) is 0.479. The molecular formula is C24H32ClN4O3+. The van der Waals surface area contributed by atoms with Crippen molar-refractivity contribution in [2.24, 2.45) is 0 Å². The summed E-state index contributed by atoms with van der Waals surface area (Å²) in [7, 11) is 0. The van der Waals surface area contributed by atoms with E-state index in [0.717, 1.165) is 23.1 Å². The standard InChI is InChI=1S/C24H32ClN4O3/c1-18-22(25)27-23(26-17-29(13-7-8-14-29)20-11-5-6-12-20)24(31)28(18)15-21(30)32-16-19-9-3-2-4-10-19/h2-4,9-10,20H,5-8,11-17H2,1H3,(H,26,27)/q+1. The van der Waals surface area contributed by atoms with Crippen LogP contribution in [0.3, 0.4) is 0 Å². The fourth-order valence-corrected chi connectivity index (χ4v) is 5.33. The van der Waals surface area contributed by atoms with Gasteiger partial charge in [-0.05, 0) is 38.2 Å². The predicted octanol–water partition coefficient (Wildman–Crippen LogP) is 3.87. The van der Waals surface area contributed by atoms with Crippen LogP contribution >= 0.6 is 11.6 Å². The molecule has 0 unspecified atom stereocenters. The summed E-state index contributed by atoms with van der Waals surface area (Å²) in [5.41, 5.74) is 1.01. The third-order valence-electron chi connectivity index (χ3n) is 7.01. The molecule has 0 atom stereocenters. The van der Waals surface area contributed by atoms with E-state index in [2.05, 4.69) is 10.3 Å². The SMILES string of the molecule is Cc1c(Cl)nc(NC[N+]2(C3CCCC3)CCCC2)c(=O)n1CC(=O)OCc1ccccc1. The van der Waals surface area contributed by atoms with E-state index in [9.17, 15) is 9.59 Å². The van der Waals surface area contributed by atoms with E-state index in [1.165, 1.54) is 43.1 Å². The maximum atomic E-state index is 13.1. The first kappa shape index (κ1) is 22.8. The third kappa shape index (κ3) is 4.99. The van der Waals surface area contributed by atoms with Crippen molar-refractivity contribution in [3.63, 3.8) is 0 Å². The van der Waals surface area contributed by atoms with Crippen LogP contribution < -0.4 is 10.9 Å². The Morgan fingerprint density at radius 2 is 1.88 bits per heavy atom. The Labute approximate surface area is 193 Å². The van der Waals surface area contributed by atoms with E-state index in [0.29, 0.717) is 18.4 Å². The van der Waals surface area contributed by atoms with Gasteiger partial charge in [0.2, 0.25) is 0 Å². The minimum Gasteiger partial charge on any atom is -0.459 e. The molecule has 0 radical (unpaired) electrons. The second kappa shape index (κ2) is 10.0. The molecule has 1 aliphatic carbocycles. The van der Waals surface area contributed by atoms with Crippen LogP contribution in [-0.4, -0.2) is 45.8 Å². The van der Waals surface area contributed by atoms with Gasteiger partial charge in [0.15, 0.2) is 17.6 Å². The van der Waals surface area contributed by atoms with Gasteiger partial charge in [-0.2, -0.15) is 0 Å². The van der Waals surface area contributed by atoms with E-state index in [-0.39, 0.29) is 29.7 Å². The summed E-state index contributed by atoms with van der Waals surface area (Å²) in [5, 5.41) is 3.52. The fourth-order valence-electron chi connectivity index (χ4n) is 5.14. The number of benzene rings is 1. The molecule has 0 spiro atoms. The number of ether oxygens (including phenoxy) is 1. The van der Waals surface area contributed by atoms with Gasteiger partial charge >= 0.3 is 5.97 Å². The van der Waals surface area contributed by atoms with Gasteiger partial charge < -0.3 is 14.5 Å². The first-order valence-electron chi connectivity index (χ1n) is 11.5. The van der Waals surface area contributed by atoms with Gasteiger partial charge in [0.25, 0.3) is 5.56 Å². The van der Waals surface area contributed by atoms with Crippen LogP contribution in [0.2, 0.25) is 5.15 Å². The van der Waals surface area contributed by atoms with Crippen LogP contribution in [0.4, 0.5) is 5.82 Å². The van der Waals surface area contributed by atoms with Crippen LogP contribution in [0.5, 0.6) is 0 Å². The first-order valence-corrected chi connectivity index (χ1v) is 11.9. The first-order chi connectivity index (χ1) is 15.5. The van der Waals surface area contributed by atoms with E-state index in [4.69, 9.17) is 16.3 Å². The monoisotopic (exact) mass is 459 g/mol. The fraction of sp³-hybridized carbons (Fsp3) is 0.542. The van der Waals surface area contributed by atoms with E-state index in [1.807, 2.05) is 30.3 Å². The maximum Gasteiger partial charge on any atom is 0.326 e. The van der Waals surface area contributed by atoms with Gasteiger partial charge in [0, 0.05) is 12.8 Å². The van der Waals surface area contributed by atoms with Crippen LogP contribution in [0.15, 0.2) is 35.1 Å². The van der Waals surface area contributed by atoms with Gasteiger partial charge in [0.1, 0.15) is 13.2 Å². The van der Waals surface area contributed by atoms with Gasteiger partial charge in [-0.25, -0.2) is 4.98 Å². The minimum absolute atomic E-state index is 0.165. The molecule has 1 N–H and O–H groups in total. The summed E-state index contributed by atoms with van der Waals surface area (Å²) in [6.07, 6.45) is 7.52. The van der Waals surface area contributed by atoms with Gasteiger partial charge in [-0.1, -0.05) is 41.9 Å². The molecule has 1 aromatic carbocycles. The number of rotatable bonds is 8. The summed E-state index contributed by atoms with van der Waals surface area (Å²) in [4.78, 5) is 29.9. The van der Waals surface area contributed by atoms with Gasteiger partial charge in [-0.15, -0.1) is 0 Å². The lowest BCUT2D eigenvalue weighted by molar-refractivity contribution is -0.936. The van der Waals surface area contributed by atoms with Crippen molar-refractivity contribution in [3.05, 3.63) is 57.1 Å². The molecule has 1 aromatic heterocycles. The third-order valence-corrected chi connectivity index (χ3v) is 7.37. The number of hydrogen-bond donors (Lipinski definition) is 1. The summed E-state index contributed by atoms with van der Waals surface area (Å²) in [5.74, 6) is -0.278. The molecule has 2 heterocycles. The Morgan fingerprint density at radius 1 is 1.19 bits per heavy atom. The second-order valence-corrected chi connectivity index (χ2v) is 9.38. The molecule has 0 bridgehead atoms. The largest absolute Gasteiger partial charge is 0.459 e. The summed E-state index contributed by atoms with van der Waals surface area (Å²) in [6.45, 7) is 4.60. The molecule has 0 amide bonds. The molecule has 2 aliphatic rings. The van der Waals surface area contributed by atoms with Crippen molar-refractivity contribution in [3.8, 4) is 0 Å². The number of carbonyl (C=O) groups is 1. The molecule has 7 nitrogen and oxygen atoms in total. The Hall–Kier alpha value is -2.38. The lowest BCUT2D eigenvalue weighted by Crippen LogP contribution is -2.55. The minimum atomic E-state index is -0.485. The number of aromatic nitrogens is 2. The number of halogens is 1. The van der Waals surface area contributed by atoms with Gasteiger partial charge in [-0.3, -0.25) is 14.2 Å². The zero-order valence-corrected chi connectivity index (χ0v) is 19.4. The number of quaternary nitrogens is 1. The highest BCUT2D eigenvalue weighted by atomic mass is 35.5. The normalized spacial score (nSPS) is 18.1. The van der Waals surface area contributed by atoms with Crippen molar-refractivity contribution in [1.82, 2.24) is 9.55 Å². The maximum absolute atomic E-state index is 13.1. The van der Waals surface area contributed by atoms with Crippen molar-refractivity contribution in [2.75, 3.05) is 25.1 Å². The Bertz CT molecular complexity index is 996. The highest BCUT2D eigenvalue weighted by Gasteiger charge is 2.41. The molecule has 1 saturated heterocycles. The number of likely N-dealkylation sites (tertiary alicyclic amines) is 1. The summed E-state index contributed by atoms with van der Waals surface area (Å²) >= 11 is 6.34. The Morgan fingerprint density at radius 3 is 2.56 bits per heavy atom. The van der Waals surface area contributed by atoms with E-state index in [1.54, 1.807) is 6.92 Å². The number of hydrogen-bond acceptors (Lipinski definition) is 5. The lowest BCUT2D eigenvalue weighted by atomic mass is 10.2. The van der Waals surface area contributed by atoms with E-state index < -0.39 is 5.97 Å². The van der Waals surface area contributed by atoms with Crippen LogP contribution in [0, 0.1) is 6.92 Å². The molecule has 32 heavy (non-hydrogen) atoms. The molecule has 172 valence electrons. The predicted molar refractivity (Wildman–Crippen MR) is 124 cm³/mol. The molecule has 2 fully saturated rings. The van der Waals surface area contributed by atoms with Gasteiger partial charge in [0.05, 0.1) is 24.8 Å². The number of anilines is 1. The molecule has 8 heteroatoms. The van der Waals surface area contributed by atoms with Crippen molar-refractivity contribution >= 4 is 23.4 Å². The van der Waals surface area contributed by atoms with Crippen LogP contribution in [0.1, 0.15) is 49.8 Å². The summed E-state index contributed by atoms with van der Waals surface area (Å²) < 4.78 is 7.72. The molecule has 1 saturated carbocycles. The van der Waals surface area contributed by atoms with Crippen molar-refractivity contribution in [1.29, 1.82) is 0 Å². The highest BCUT2D eigenvalue weighted by Crippen LogP contribution is 2.33. The van der Waals surface area contributed by atoms with Crippen LogP contribution in [0.25, 0.3) is 0 Å². The number of nitrogens with zero attached hydrogens (tertiary/aromatic N) is 3.